The molecule has 1 aliphatic heterocycles. The lowest BCUT2D eigenvalue weighted by Gasteiger charge is -2.47. The van der Waals surface area contributed by atoms with E-state index in [1.165, 1.54) is 19.8 Å². The van der Waals surface area contributed by atoms with Gasteiger partial charge in [0.1, 0.15) is 0 Å². The molecular formula is C21H28N4O4. The van der Waals surface area contributed by atoms with Gasteiger partial charge in [-0.1, -0.05) is 49.4 Å². The minimum atomic E-state index is -0.708. The summed E-state index contributed by atoms with van der Waals surface area (Å²) in [6, 6.07) is 10.2. The van der Waals surface area contributed by atoms with Gasteiger partial charge in [-0.25, -0.2) is 14.3 Å². The zero-order chi connectivity index (χ0) is 21.2. The minimum absolute atomic E-state index is 0.0171. The highest BCUT2D eigenvalue weighted by molar-refractivity contribution is 6.00. The SMILES string of the molecule is COC(=O)c1nnn([C@@H]2CC(C)(C)CN(Cc3ccccc3)[C@H]2C)c1C(=O)OC. The fourth-order valence-electron chi connectivity index (χ4n) is 4.09. The quantitative estimate of drug-likeness (QED) is 0.713. The van der Waals surface area contributed by atoms with Crippen molar-refractivity contribution in [3.05, 3.63) is 47.3 Å². The predicted molar refractivity (Wildman–Crippen MR) is 106 cm³/mol. The Morgan fingerprint density at radius 2 is 1.79 bits per heavy atom. The van der Waals surface area contributed by atoms with Crippen LogP contribution in [0, 0.1) is 5.41 Å². The summed E-state index contributed by atoms with van der Waals surface area (Å²) in [5, 5.41) is 8.12. The maximum Gasteiger partial charge on any atom is 0.361 e. The van der Waals surface area contributed by atoms with Crippen LogP contribution in [-0.2, 0) is 16.0 Å². The van der Waals surface area contributed by atoms with Gasteiger partial charge < -0.3 is 9.47 Å². The second-order valence-corrected chi connectivity index (χ2v) is 8.28. The van der Waals surface area contributed by atoms with Crippen LogP contribution in [0.2, 0.25) is 0 Å². The second-order valence-electron chi connectivity index (χ2n) is 8.28. The van der Waals surface area contributed by atoms with Crippen LogP contribution in [0.1, 0.15) is 59.8 Å². The van der Waals surface area contributed by atoms with E-state index in [0.717, 1.165) is 19.5 Å². The number of likely N-dealkylation sites (tertiary alicyclic amines) is 1. The first kappa shape index (κ1) is 21.0. The molecule has 0 saturated carbocycles. The van der Waals surface area contributed by atoms with Crippen LogP contribution in [-0.4, -0.2) is 58.6 Å². The van der Waals surface area contributed by atoms with Crippen LogP contribution in [0.4, 0.5) is 0 Å². The third-order valence-electron chi connectivity index (χ3n) is 5.52. The molecule has 0 N–H and O–H groups in total. The Hall–Kier alpha value is -2.74. The van der Waals surface area contributed by atoms with E-state index in [1.54, 1.807) is 4.68 Å². The first-order valence-corrected chi connectivity index (χ1v) is 9.67. The van der Waals surface area contributed by atoms with Gasteiger partial charge in [-0.2, -0.15) is 0 Å². The van der Waals surface area contributed by atoms with Crippen LogP contribution in [0.15, 0.2) is 30.3 Å². The Balaban J connectivity index is 1.99. The molecule has 0 amide bonds. The number of benzene rings is 1. The average molecular weight is 400 g/mol. The van der Waals surface area contributed by atoms with Gasteiger partial charge >= 0.3 is 11.9 Å². The van der Waals surface area contributed by atoms with Crippen molar-refractivity contribution in [3.8, 4) is 0 Å². The van der Waals surface area contributed by atoms with Gasteiger partial charge in [0.15, 0.2) is 5.69 Å². The Bertz CT molecular complexity index is 878. The van der Waals surface area contributed by atoms with E-state index in [4.69, 9.17) is 9.47 Å². The maximum atomic E-state index is 12.5. The predicted octanol–water partition coefficient (Wildman–Crippen LogP) is 2.71. The van der Waals surface area contributed by atoms with Crippen molar-refractivity contribution in [3.63, 3.8) is 0 Å². The molecule has 0 bridgehead atoms. The van der Waals surface area contributed by atoms with Crippen LogP contribution >= 0.6 is 0 Å². The van der Waals surface area contributed by atoms with Gasteiger partial charge in [0.05, 0.1) is 20.3 Å². The molecule has 2 atom stereocenters. The van der Waals surface area contributed by atoms with E-state index in [9.17, 15) is 9.59 Å². The monoisotopic (exact) mass is 400 g/mol. The number of hydrogen-bond acceptors (Lipinski definition) is 7. The normalized spacial score (nSPS) is 21.6. The van der Waals surface area contributed by atoms with E-state index in [1.807, 2.05) is 18.2 Å². The fourth-order valence-corrected chi connectivity index (χ4v) is 4.09. The number of methoxy groups -OCH3 is 2. The summed E-state index contributed by atoms with van der Waals surface area (Å²) in [5.41, 5.74) is 1.12. The van der Waals surface area contributed by atoms with Gasteiger partial charge in [-0.05, 0) is 24.3 Å². The Labute approximate surface area is 170 Å². The Morgan fingerprint density at radius 3 is 2.41 bits per heavy atom. The van der Waals surface area contributed by atoms with Gasteiger partial charge in [0.25, 0.3) is 0 Å². The van der Waals surface area contributed by atoms with Crippen molar-refractivity contribution in [2.75, 3.05) is 20.8 Å². The summed E-state index contributed by atoms with van der Waals surface area (Å²) in [4.78, 5) is 27.0. The maximum absolute atomic E-state index is 12.5. The summed E-state index contributed by atoms with van der Waals surface area (Å²) in [6.45, 7) is 8.20. The molecule has 8 heteroatoms. The summed E-state index contributed by atoms with van der Waals surface area (Å²) < 4.78 is 11.2. The molecule has 0 spiro atoms. The van der Waals surface area contributed by atoms with Crippen LogP contribution in [0.3, 0.4) is 0 Å². The molecule has 1 aliphatic rings. The number of carbonyl (C=O) groups is 2. The topological polar surface area (TPSA) is 86.5 Å². The zero-order valence-electron chi connectivity index (χ0n) is 17.6. The number of ether oxygens (including phenoxy) is 2. The summed E-state index contributed by atoms with van der Waals surface area (Å²) in [5.74, 6) is -1.36. The standard InChI is InChI=1S/C21H28N4O4/c1-14-16(25-18(20(27)29-5)17(22-23-25)19(26)28-4)11-21(2,3)13-24(14)12-15-9-7-6-8-10-15/h6-10,14,16H,11-13H2,1-5H3/t14-,16+/m0/s1. The van der Waals surface area contributed by atoms with Crippen LogP contribution in [0.25, 0.3) is 0 Å². The highest BCUT2D eigenvalue weighted by Crippen LogP contribution is 2.39. The first-order valence-electron chi connectivity index (χ1n) is 9.67. The number of piperidine rings is 1. The number of hydrogen-bond donors (Lipinski definition) is 0. The van der Waals surface area contributed by atoms with E-state index in [0.29, 0.717) is 0 Å². The molecule has 1 aromatic carbocycles. The molecule has 2 aromatic rings. The molecule has 3 rings (SSSR count). The first-order chi connectivity index (χ1) is 13.8. The van der Waals surface area contributed by atoms with Crippen molar-refractivity contribution in [1.82, 2.24) is 19.9 Å². The van der Waals surface area contributed by atoms with E-state index >= 15 is 0 Å². The molecule has 1 saturated heterocycles. The summed E-state index contributed by atoms with van der Waals surface area (Å²) in [7, 11) is 2.52. The molecule has 2 heterocycles. The number of carbonyl (C=O) groups excluding carboxylic acids is 2. The molecule has 0 aliphatic carbocycles. The number of aromatic nitrogens is 3. The zero-order valence-corrected chi connectivity index (χ0v) is 17.6. The molecule has 29 heavy (non-hydrogen) atoms. The van der Waals surface area contributed by atoms with Crippen molar-refractivity contribution >= 4 is 11.9 Å². The van der Waals surface area contributed by atoms with Crippen molar-refractivity contribution in [2.24, 2.45) is 5.41 Å². The molecule has 156 valence electrons. The highest BCUT2D eigenvalue weighted by Gasteiger charge is 2.42. The Morgan fingerprint density at radius 1 is 1.14 bits per heavy atom. The van der Waals surface area contributed by atoms with Gasteiger partial charge in [0.2, 0.25) is 5.69 Å². The second kappa shape index (κ2) is 8.32. The van der Waals surface area contributed by atoms with Crippen molar-refractivity contribution < 1.29 is 19.1 Å². The molecule has 1 fully saturated rings. The molecule has 8 nitrogen and oxygen atoms in total. The lowest BCUT2D eigenvalue weighted by Crippen LogP contribution is -2.51. The number of rotatable bonds is 5. The summed E-state index contributed by atoms with van der Waals surface area (Å²) >= 11 is 0. The van der Waals surface area contributed by atoms with E-state index in [-0.39, 0.29) is 28.9 Å². The van der Waals surface area contributed by atoms with Gasteiger partial charge in [-0.3, -0.25) is 4.90 Å². The fraction of sp³-hybridized carbons (Fsp3) is 0.524. The number of esters is 2. The lowest BCUT2D eigenvalue weighted by molar-refractivity contribution is 0.0160. The number of nitrogens with zero attached hydrogens (tertiary/aromatic N) is 4. The molecule has 0 radical (unpaired) electrons. The molecular weight excluding hydrogens is 372 g/mol. The smallest absolute Gasteiger partial charge is 0.361 e. The minimum Gasteiger partial charge on any atom is -0.464 e. The summed E-state index contributed by atoms with van der Waals surface area (Å²) in [6.07, 6.45) is 0.785. The molecule has 0 unspecified atom stereocenters. The third kappa shape index (κ3) is 4.32. The van der Waals surface area contributed by atoms with E-state index < -0.39 is 11.9 Å². The average Bonchev–Trinajstić information content (AvgIpc) is 3.14. The highest BCUT2D eigenvalue weighted by atomic mass is 16.5. The largest absolute Gasteiger partial charge is 0.464 e. The molecule has 1 aromatic heterocycles. The van der Waals surface area contributed by atoms with Gasteiger partial charge in [0, 0.05) is 19.1 Å². The van der Waals surface area contributed by atoms with Crippen LogP contribution < -0.4 is 0 Å². The van der Waals surface area contributed by atoms with Crippen molar-refractivity contribution in [1.29, 1.82) is 0 Å². The van der Waals surface area contributed by atoms with E-state index in [2.05, 4.69) is 48.1 Å². The Kier molecular flexibility index (Phi) is 6.02. The van der Waals surface area contributed by atoms with Gasteiger partial charge in [-0.15, -0.1) is 5.10 Å². The van der Waals surface area contributed by atoms with Crippen LogP contribution in [0.5, 0.6) is 0 Å². The van der Waals surface area contributed by atoms with Crippen molar-refractivity contribution in [2.45, 2.75) is 45.8 Å². The third-order valence-corrected chi connectivity index (χ3v) is 5.52. The lowest BCUT2D eigenvalue weighted by atomic mass is 9.78.